The van der Waals surface area contributed by atoms with Gasteiger partial charge in [0, 0.05) is 67.3 Å². The first-order valence-electron chi connectivity index (χ1n) is 13.1. The average molecular weight is 564 g/mol. The SMILES string of the molecule is NC(Cc1ccccn1)CC(N)(CC(N)Cc1ccccn1)c1ccc(CNCc2ccc(Cl)c(Cl)c2)cc1. The summed E-state index contributed by atoms with van der Waals surface area (Å²) in [5.41, 5.74) is 24.8. The second kappa shape index (κ2) is 14.0. The summed E-state index contributed by atoms with van der Waals surface area (Å²) in [5, 5.41) is 4.57. The Hall–Kier alpha value is -2.84. The molecule has 0 aliphatic rings. The highest BCUT2D eigenvalue weighted by molar-refractivity contribution is 6.42. The topological polar surface area (TPSA) is 116 Å². The number of benzene rings is 2. The van der Waals surface area contributed by atoms with E-state index in [9.17, 15) is 0 Å². The maximum atomic E-state index is 7.14. The van der Waals surface area contributed by atoms with E-state index in [-0.39, 0.29) is 12.1 Å². The lowest BCUT2D eigenvalue weighted by atomic mass is 9.78. The molecule has 6 nitrogen and oxygen atoms in total. The van der Waals surface area contributed by atoms with Crippen molar-refractivity contribution < 1.29 is 0 Å². The third kappa shape index (κ3) is 8.83. The zero-order chi connectivity index (χ0) is 27.7. The van der Waals surface area contributed by atoms with Gasteiger partial charge in [0.25, 0.3) is 0 Å². The van der Waals surface area contributed by atoms with Crippen molar-refractivity contribution in [1.29, 1.82) is 0 Å². The van der Waals surface area contributed by atoms with E-state index in [0.29, 0.717) is 48.8 Å². The summed E-state index contributed by atoms with van der Waals surface area (Å²) in [5.74, 6) is 0. The molecule has 39 heavy (non-hydrogen) atoms. The highest BCUT2D eigenvalue weighted by Crippen LogP contribution is 2.30. The molecular weight excluding hydrogens is 527 g/mol. The van der Waals surface area contributed by atoms with E-state index >= 15 is 0 Å². The van der Waals surface area contributed by atoms with E-state index in [1.165, 1.54) is 0 Å². The minimum absolute atomic E-state index is 0.167. The second-order valence-corrected chi connectivity index (χ2v) is 11.0. The molecule has 0 saturated heterocycles. The van der Waals surface area contributed by atoms with E-state index in [1.54, 1.807) is 12.4 Å². The van der Waals surface area contributed by atoms with Gasteiger partial charge in [-0.25, -0.2) is 0 Å². The second-order valence-electron chi connectivity index (χ2n) is 10.2. The molecule has 8 heteroatoms. The largest absolute Gasteiger partial charge is 0.327 e. The number of hydrogen-bond acceptors (Lipinski definition) is 6. The van der Waals surface area contributed by atoms with Crippen LogP contribution in [0.25, 0.3) is 0 Å². The molecule has 0 amide bonds. The molecule has 0 aliphatic heterocycles. The fourth-order valence-corrected chi connectivity index (χ4v) is 5.25. The number of pyridine rings is 2. The molecule has 204 valence electrons. The van der Waals surface area contributed by atoms with E-state index in [1.807, 2.05) is 54.6 Å². The number of nitrogens with one attached hydrogen (secondary N) is 1. The van der Waals surface area contributed by atoms with Crippen LogP contribution in [0, 0.1) is 0 Å². The molecule has 0 radical (unpaired) electrons. The van der Waals surface area contributed by atoms with Crippen LogP contribution in [-0.2, 0) is 31.5 Å². The monoisotopic (exact) mass is 562 g/mol. The van der Waals surface area contributed by atoms with Crippen molar-refractivity contribution in [3.63, 3.8) is 0 Å². The van der Waals surface area contributed by atoms with Crippen LogP contribution in [0.4, 0.5) is 0 Å². The summed E-state index contributed by atoms with van der Waals surface area (Å²) >= 11 is 12.2. The normalized spacial score (nSPS) is 14.5. The minimum atomic E-state index is -0.700. The van der Waals surface area contributed by atoms with Crippen LogP contribution in [-0.4, -0.2) is 22.1 Å². The molecule has 2 aromatic carbocycles. The van der Waals surface area contributed by atoms with Gasteiger partial charge in [-0.1, -0.05) is 65.7 Å². The van der Waals surface area contributed by atoms with E-state index in [2.05, 4.69) is 39.6 Å². The van der Waals surface area contributed by atoms with Crippen LogP contribution < -0.4 is 22.5 Å². The minimum Gasteiger partial charge on any atom is -0.327 e. The van der Waals surface area contributed by atoms with Crippen LogP contribution in [0.5, 0.6) is 0 Å². The molecule has 2 aromatic heterocycles. The van der Waals surface area contributed by atoms with Crippen molar-refractivity contribution in [2.75, 3.05) is 0 Å². The molecule has 0 fully saturated rings. The number of rotatable bonds is 13. The fourth-order valence-electron chi connectivity index (χ4n) is 4.93. The molecule has 4 aromatic rings. The first-order chi connectivity index (χ1) is 18.8. The van der Waals surface area contributed by atoms with Crippen LogP contribution in [0.3, 0.4) is 0 Å². The summed E-state index contributed by atoms with van der Waals surface area (Å²) < 4.78 is 0. The Morgan fingerprint density at radius 3 is 1.74 bits per heavy atom. The number of aromatic nitrogens is 2. The van der Waals surface area contributed by atoms with Crippen molar-refractivity contribution in [1.82, 2.24) is 15.3 Å². The lowest BCUT2D eigenvalue weighted by Crippen LogP contribution is -2.47. The molecule has 0 aliphatic carbocycles. The van der Waals surface area contributed by atoms with E-state index in [4.69, 9.17) is 40.4 Å². The zero-order valence-corrected chi connectivity index (χ0v) is 23.5. The molecule has 0 spiro atoms. The molecule has 4 rings (SSSR count). The maximum absolute atomic E-state index is 7.14. The Balaban J connectivity index is 1.44. The number of nitrogens with zero attached hydrogens (tertiary/aromatic N) is 2. The summed E-state index contributed by atoms with van der Waals surface area (Å²) in [6.07, 6.45) is 6.02. The van der Waals surface area contributed by atoms with Crippen LogP contribution in [0.1, 0.15) is 40.9 Å². The Kier molecular flexibility index (Phi) is 10.5. The van der Waals surface area contributed by atoms with E-state index in [0.717, 1.165) is 28.1 Å². The first-order valence-corrected chi connectivity index (χ1v) is 13.9. The molecular formula is C31H36Cl2N6. The average Bonchev–Trinajstić information content (AvgIpc) is 2.92. The number of nitrogens with two attached hydrogens (primary N) is 3. The molecule has 2 atom stereocenters. The summed E-state index contributed by atoms with van der Waals surface area (Å²) in [6, 6.07) is 25.5. The third-order valence-electron chi connectivity index (χ3n) is 6.82. The predicted molar refractivity (Wildman–Crippen MR) is 160 cm³/mol. The highest BCUT2D eigenvalue weighted by Gasteiger charge is 2.32. The highest BCUT2D eigenvalue weighted by atomic mass is 35.5. The van der Waals surface area contributed by atoms with Gasteiger partial charge in [-0.15, -0.1) is 0 Å². The molecule has 2 unspecified atom stereocenters. The van der Waals surface area contributed by atoms with Crippen LogP contribution in [0.15, 0.2) is 91.3 Å². The van der Waals surface area contributed by atoms with Gasteiger partial charge in [0.1, 0.15) is 0 Å². The first kappa shape index (κ1) is 29.2. The smallest absolute Gasteiger partial charge is 0.0595 e. The molecule has 2 heterocycles. The molecule has 7 N–H and O–H groups in total. The van der Waals surface area contributed by atoms with Gasteiger partial charge >= 0.3 is 0 Å². The van der Waals surface area contributed by atoms with Gasteiger partial charge in [-0.3, -0.25) is 9.97 Å². The Labute approximate surface area is 241 Å². The number of halogens is 2. The lowest BCUT2D eigenvalue weighted by molar-refractivity contribution is 0.314. The summed E-state index contributed by atoms with van der Waals surface area (Å²) in [6.45, 7) is 1.39. The third-order valence-corrected chi connectivity index (χ3v) is 7.56. The Morgan fingerprint density at radius 1 is 0.692 bits per heavy atom. The van der Waals surface area contributed by atoms with Gasteiger partial charge < -0.3 is 22.5 Å². The Morgan fingerprint density at radius 2 is 1.23 bits per heavy atom. The molecule has 0 saturated carbocycles. The van der Waals surface area contributed by atoms with Crippen LogP contribution in [0.2, 0.25) is 10.0 Å². The van der Waals surface area contributed by atoms with Crippen molar-refractivity contribution in [2.24, 2.45) is 17.2 Å². The van der Waals surface area contributed by atoms with E-state index < -0.39 is 5.54 Å². The van der Waals surface area contributed by atoms with Crippen LogP contribution >= 0.6 is 23.2 Å². The maximum Gasteiger partial charge on any atom is 0.0595 e. The van der Waals surface area contributed by atoms with Gasteiger partial charge in [0.2, 0.25) is 0 Å². The van der Waals surface area contributed by atoms with Crippen molar-refractivity contribution in [3.05, 3.63) is 129 Å². The predicted octanol–water partition coefficient (Wildman–Crippen LogP) is 5.15. The van der Waals surface area contributed by atoms with Gasteiger partial charge in [-0.05, 0) is 65.9 Å². The van der Waals surface area contributed by atoms with Crippen molar-refractivity contribution >= 4 is 23.2 Å². The lowest BCUT2D eigenvalue weighted by Gasteiger charge is -2.35. The van der Waals surface area contributed by atoms with Gasteiger partial charge in [0.15, 0.2) is 0 Å². The van der Waals surface area contributed by atoms with Gasteiger partial charge in [0.05, 0.1) is 10.0 Å². The fraction of sp³-hybridized carbons (Fsp3) is 0.290. The summed E-state index contributed by atoms with van der Waals surface area (Å²) in [7, 11) is 0. The van der Waals surface area contributed by atoms with Gasteiger partial charge in [-0.2, -0.15) is 0 Å². The quantitative estimate of drug-likeness (QED) is 0.179. The Bertz CT molecular complexity index is 1250. The zero-order valence-electron chi connectivity index (χ0n) is 21.9. The number of hydrogen-bond donors (Lipinski definition) is 4. The standard InChI is InChI=1S/C31H36Cl2N6/c32-29-12-9-23(15-30(29)33)21-37-20-22-7-10-24(11-8-22)31(36,18-25(34)16-27-5-1-3-13-38-27)19-26(35)17-28-6-2-4-14-39-28/h1-15,25-26,37H,16-21,34-36H2. The summed E-state index contributed by atoms with van der Waals surface area (Å²) in [4.78, 5) is 8.87. The van der Waals surface area contributed by atoms with Crippen molar-refractivity contribution in [2.45, 2.75) is 56.4 Å². The van der Waals surface area contributed by atoms with Crippen molar-refractivity contribution in [3.8, 4) is 0 Å². The molecule has 0 bridgehead atoms.